The molecule has 0 heterocycles. The molecule has 0 aromatic carbocycles. The molecule has 2 heteroatoms. The van der Waals surface area contributed by atoms with Crippen LogP contribution in [0, 0.1) is 5.92 Å². The third kappa shape index (κ3) is 2.01. The molecule has 2 unspecified atom stereocenters. The van der Waals surface area contributed by atoms with Gasteiger partial charge in [-0.25, -0.2) is 0 Å². The van der Waals surface area contributed by atoms with E-state index in [1.807, 2.05) is 0 Å². The van der Waals surface area contributed by atoms with Gasteiger partial charge in [0, 0.05) is 13.0 Å². The molecule has 12 heavy (non-hydrogen) atoms. The van der Waals surface area contributed by atoms with Gasteiger partial charge in [-0.05, 0) is 25.3 Å². The first-order valence-electron chi connectivity index (χ1n) is 4.58. The molecule has 0 aromatic rings. The molecule has 0 saturated heterocycles. The van der Waals surface area contributed by atoms with E-state index in [2.05, 4.69) is 13.0 Å². The van der Waals surface area contributed by atoms with Gasteiger partial charge in [0.25, 0.3) is 0 Å². The minimum atomic E-state index is 0.397. The second kappa shape index (κ2) is 4.51. The molecule has 0 amide bonds. The van der Waals surface area contributed by atoms with Gasteiger partial charge in [0.15, 0.2) is 0 Å². The Morgan fingerprint density at radius 1 is 1.50 bits per heavy atom. The summed E-state index contributed by atoms with van der Waals surface area (Å²) in [6, 6.07) is 0. The molecule has 0 radical (unpaired) electrons. The SMILES string of the molecule is CCC1CC(OC)CC=C1OC. The van der Waals surface area contributed by atoms with Crippen molar-refractivity contribution in [2.45, 2.75) is 32.3 Å². The molecule has 0 fully saturated rings. The van der Waals surface area contributed by atoms with Crippen molar-refractivity contribution in [3.63, 3.8) is 0 Å². The largest absolute Gasteiger partial charge is 0.501 e. The summed E-state index contributed by atoms with van der Waals surface area (Å²) in [4.78, 5) is 0. The molecule has 1 aliphatic carbocycles. The summed E-state index contributed by atoms with van der Waals surface area (Å²) < 4.78 is 10.6. The minimum Gasteiger partial charge on any atom is -0.501 e. The fraction of sp³-hybridized carbons (Fsp3) is 0.800. The van der Waals surface area contributed by atoms with Gasteiger partial charge in [-0.1, -0.05) is 6.92 Å². The molecule has 0 bridgehead atoms. The first kappa shape index (κ1) is 9.59. The Morgan fingerprint density at radius 3 is 2.75 bits per heavy atom. The summed E-state index contributed by atoms with van der Waals surface area (Å²) >= 11 is 0. The van der Waals surface area contributed by atoms with Crippen molar-refractivity contribution in [1.82, 2.24) is 0 Å². The first-order valence-corrected chi connectivity index (χ1v) is 4.58. The van der Waals surface area contributed by atoms with Crippen LogP contribution in [0.1, 0.15) is 26.2 Å². The van der Waals surface area contributed by atoms with Crippen LogP contribution in [0.2, 0.25) is 0 Å². The van der Waals surface area contributed by atoms with Crippen LogP contribution in [0.25, 0.3) is 0 Å². The lowest BCUT2D eigenvalue weighted by atomic mass is 9.89. The monoisotopic (exact) mass is 170 g/mol. The summed E-state index contributed by atoms with van der Waals surface area (Å²) in [6.45, 7) is 2.19. The predicted molar refractivity (Wildman–Crippen MR) is 48.9 cm³/mol. The topological polar surface area (TPSA) is 18.5 Å². The van der Waals surface area contributed by atoms with Crippen molar-refractivity contribution in [3.05, 3.63) is 11.8 Å². The molecule has 2 nitrogen and oxygen atoms in total. The highest BCUT2D eigenvalue weighted by atomic mass is 16.5. The molecule has 0 saturated carbocycles. The van der Waals surface area contributed by atoms with E-state index in [1.165, 1.54) is 0 Å². The van der Waals surface area contributed by atoms with E-state index in [-0.39, 0.29) is 0 Å². The van der Waals surface area contributed by atoms with E-state index in [9.17, 15) is 0 Å². The van der Waals surface area contributed by atoms with Gasteiger partial charge < -0.3 is 9.47 Å². The molecular weight excluding hydrogens is 152 g/mol. The third-order valence-electron chi connectivity index (χ3n) is 2.59. The number of hydrogen-bond acceptors (Lipinski definition) is 2. The van der Waals surface area contributed by atoms with E-state index in [1.54, 1.807) is 14.2 Å². The van der Waals surface area contributed by atoms with Crippen LogP contribution in [-0.2, 0) is 9.47 Å². The molecule has 0 aliphatic heterocycles. The number of ether oxygens (including phenoxy) is 2. The summed E-state index contributed by atoms with van der Waals surface area (Å²) in [6.07, 6.45) is 5.79. The second-order valence-corrected chi connectivity index (χ2v) is 3.24. The maximum absolute atomic E-state index is 5.32. The van der Waals surface area contributed by atoms with Crippen LogP contribution in [0.4, 0.5) is 0 Å². The zero-order valence-electron chi connectivity index (χ0n) is 8.17. The molecule has 0 aromatic heterocycles. The Bertz CT molecular complexity index is 163. The predicted octanol–water partition coefficient (Wildman–Crippen LogP) is 2.35. The van der Waals surface area contributed by atoms with Crippen molar-refractivity contribution in [2.75, 3.05) is 14.2 Å². The van der Waals surface area contributed by atoms with Crippen molar-refractivity contribution >= 4 is 0 Å². The van der Waals surface area contributed by atoms with Crippen LogP contribution in [0.15, 0.2) is 11.8 Å². The summed E-state index contributed by atoms with van der Waals surface area (Å²) in [5.74, 6) is 1.71. The van der Waals surface area contributed by atoms with Crippen molar-refractivity contribution < 1.29 is 9.47 Å². The number of hydrogen-bond donors (Lipinski definition) is 0. The van der Waals surface area contributed by atoms with Crippen LogP contribution in [-0.4, -0.2) is 20.3 Å². The van der Waals surface area contributed by atoms with Crippen LogP contribution in [0.5, 0.6) is 0 Å². The van der Waals surface area contributed by atoms with E-state index >= 15 is 0 Å². The molecule has 0 N–H and O–H groups in total. The Hall–Kier alpha value is -0.500. The number of allylic oxidation sites excluding steroid dienone is 1. The quantitative estimate of drug-likeness (QED) is 0.647. The van der Waals surface area contributed by atoms with E-state index in [0.717, 1.165) is 25.0 Å². The highest BCUT2D eigenvalue weighted by molar-refractivity contribution is 5.04. The van der Waals surface area contributed by atoms with Gasteiger partial charge in [-0.15, -0.1) is 0 Å². The average molecular weight is 170 g/mol. The van der Waals surface area contributed by atoms with Crippen molar-refractivity contribution in [3.8, 4) is 0 Å². The van der Waals surface area contributed by atoms with Gasteiger partial charge in [-0.2, -0.15) is 0 Å². The smallest absolute Gasteiger partial charge is 0.0948 e. The Labute approximate surface area is 74.6 Å². The van der Waals surface area contributed by atoms with Crippen molar-refractivity contribution in [1.29, 1.82) is 0 Å². The van der Waals surface area contributed by atoms with Gasteiger partial charge in [0.05, 0.1) is 19.0 Å². The van der Waals surface area contributed by atoms with E-state index in [0.29, 0.717) is 12.0 Å². The lowest BCUT2D eigenvalue weighted by molar-refractivity contribution is 0.0656. The van der Waals surface area contributed by atoms with Crippen LogP contribution >= 0.6 is 0 Å². The normalized spacial score (nSPS) is 29.8. The zero-order chi connectivity index (χ0) is 8.97. The fourth-order valence-electron chi connectivity index (χ4n) is 1.75. The highest BCUT2D eigenvalue weighted by Gasteiger charge is 2.23. The lowest BCUT2D eigenvalue weighted by Crippen LogP contribution is -2.21. The van der Waals surface area contributed by atoms with Crippen molar-refractivity contribution in [2.24, 2.45) is 5.92 Å². The average Bonchev–Trinajstić information content (AvgIpc) is 2.16. The maximum Gasteiger partial charge on any atom is 0.0948 e. The standard InChI is InChI=1S/C10H18O2/c1-4-8-7-9(11-2)5-6-10(8)12-3/h6,8-9H,4-5,7H2,1-3H3. The minimum absolute atomic E-state index is 0.397. The molecule has 2 atom stereocenters. The molecule has 1 aliphatic rings. The first-order chi connectivity index (χ1) is 5.81. The van der Waals surface area contributed by atoms with Gasteiger partial charge in [0.1, 0.15) is 0 Å². The lowest BCUT2D eigenvalue weighted by Gasteiger charge is -2.27. The summed E-state index contributed by atoms with van der Waals surface area (Å²) in [5, 5.41) is 0. The van der Waals surface area contributed by atoms with Gasteiger partial charge in [0.2, 0.25) is 0 Å². The van der Waals surface area contributed by atoms with Gasteiger partial charge >= 0.3 is 0 Å². The van der Waals surface area contributed by atoms with Crippen LogP contribution < -0.4 is 0 Å². The van der Waals surface area contributed by atoms with E-state index in [4.69, 9.17) is 9.47 Å². The summed E-state index contributed by atoms with van der Waals surface area (Å²) in [5.41, 5.74) is 0. The van der Waals surface area contributed by atoms with Gasteiger partial charge in [-0.3, -0.25) is 0 Å². The molecule has 0 spiro atoms. The Kier molecular flexibility index (Phi) is 3.60. The number of rotatable bonds is 3. The number of methoxy groups -OCH3 is 2. The highest BCUT2D eigenvalue weighted by Crippen LogP contribution is 2.29. The maximum atomic E-state index is 5.32. The van der Waals surface area contributed by atoms with E-state index < -0.39 is 0 Å². The molecular formula is C10H18O2. The molecule has 70 valence electrons. The molecule has 1 rings (SSSR count). The fourth-order valence-corrected chi connectivity index (χ4v) is 1.75. The van der Waals surface area contributed by atoms with Crippen LogP contribution in [0.3, 0.4) is 0 Å². The zero-order valence-corrected chi connectivity index (χ0v) is 8.17. The Balaban J connectivity index is 2.58. The second-order valence-electron chi connectivity index (χ2n) is 3.24. The third-order valence-corrected chi connectivity index (χ3v) is 2.59. The Morgan fingerprint density at radius 2 is 2.25 bits per heavy atom. The summed E-state index contributed by atoms with van der Waals surface area (Å²) in [7, 11) is 3.53.